The minimum atomic E-state index is -5.59. The van der Waals surface area contributed by atoms with Crippen LogP contribution in [-0.2, 0) is 65.5 Å². The zero-order valence-electron chi connectivity index (χ0n) is 45.9. The molecule has 88 heavy (non-hydrogen) atoms. The molecule has 3 aliphatic carbocycles. The van der Waals surface area contributed by atoms with Crippen molar-refractivity contribution in [3.8, 4) is 0 Å². The van der Waals surface area contributed by atoms with E-state index in [0.717, 1.165) is 115 Å². The number of allylic oxidation sites excluding steroid dienone is 8. The number of nitrogens with zero attached hydrogens (tertiary/aromatic N) is 6. The van der Waals surface area contributed by atoms with Crippen LogP contribution in [0.4, 0.5) is 44.6 Å². The van der Waals surface area contributed by atoms with Crippen molar-refractivity contribution in [3.63, 3.8) is 0 Å². The van der Waals surface area contributed by atoms with Crippen molar-refractivity contribution in [2.75, 3.05) is 16.2 Å². The number of amides is 2. The van der Waals surface area contributed by atoms with Crippen LogP contribution in [0.5, 0.6) is 0 Å². The molecule has 0 radical (unpaired) electrons. The maximum atomic E-state index is 13.7. The Morgan fingerprint density at radius 1 is 0.420 bits per heavy atom. The van der Waals surface area contributed by atoms with Gasteiger partial charge in [-0.2, -0.15) is 30.7 Å². The smallest absolute Gasteiger partial charge is 0.744 e. The summed E-state index contributed by atoms with van der Waals surface area (Å²) in [6.07, 6.45) is 4.12. The second-order valence-corrected chi connectivity index (χ2v) is 24.7. The molecular formula is C45H26N10Na6O21S6. The number of ketones is 2. The first-order chi connectivity index (χ1) is 38.1. The van der Waals surface area contributed by atoms with Crippen molar-refractivity contribution in [3.05, 3.63) is 165 Å². The maximum Gasteiger partial charge on any atom is 1.00 e. The Hall–Kier alpha value is -2.99. The second-order valence-electron chi connectivity index (χ2n) is 16.5. The molecule has 424 valence electrons. The van der Waals surface area contributed by atoms with Gasteiger partial charge in [0, 0.05) is 28.6 Å². The van der Waals surface area contributed by atoms with Crippen LogP contribution in [-0.4, -0.2) is 107 Å². The Bertz CT molecular complexity index is 4680. The summed E-state index contributed by atoms with van der Waals surface area (Å²) < 4.78 is 215. The van der Waals surface area contributed by atoms with E-state index in [1.54, 1.807) is 0 Å². The van der Waals surface area contributed by atoms with Gasteiger partial charge in [-0.05, 0) is 139 Å². The molecule has 2 amide bonds. The monoisotopic (exact) mass is 1370 g/mol. The maximum absolute atomic E-state index is 13.7. The van der Waals surface area contributed by atoms with Crippen molar-refractivity contribution in [2.24, 2.45) is 30.7 Å². The van der Waals surface area contributed by atoms with Crippen LogP contribution in [0.3, 0.4) is 0 Å². The molecule has 0 unspecified atom stereocenters. The fraction of sp³-hybridized carbons (Fsp3) is 0. The first-order valence-corrected chi connectivity index (χ1v) is 30.2. The predicted octanol–water partition coefficient (Wildman–Crippen LogP) is -13.9. The van der Waals surface area contributed by atoms with Crippen LogP contribution in [0.2, 0.25) is 0 Å². The van der Waals surface area contributed by atoms with Crippen LogP contribution < -0.4 is 199 Å². The summed E-state index contributed by atoms with van der Waals surface area (Å²) in [6.45, 7) is 0. The number of benzene rings is 5. The number of carbonyl (C=O) groups is 3. The zero-order valence-corrected chi connectivity index (χ0v) is 62.8. The summed E-state index contributed by atoms with van der Waals surface area (Å²) in [5.74, 6) is -2.14. The van der Waals surface area contributed by atoms with Crippen LogP contribution >= 0.6 is 0 Å². The molecule has 0 atom stereocenters. The predicted molar refractivity (Wildman–Crippen MR) is 276 cm³/mol. The SMILES string of the molecule is O=C(NC1=CC(=O)C2=C/C(=N/Nc3ccc(N=Nc4ccc(S(=O)(=O)[O-])cc4)cc3S(=O)(=O)[O-])C(S(=O)(=O)[O-])=CC2=C1)Nc1ccc2c(c1)C=C(S(=O)(=O)[O-])/C(=N/Nc1ccc(N=Nc3ccc(S(=O)(=O)[O-])cc3)cc1S(=O)(=O)[O-])C2=O.[Na+].[Na+].[Na+].[Na+].[Na+].[Na+]. The molecule has 43 heteroatoms. The van der Waals surface area contributed by atoms with Gasteiger partial charge in [0.15, 0.2) is 5.78 Å². The van der Waals surface area contributed by atoms with Gasteiger partial charge in [0.25, 0.3) is 0 Å². The van der Waals surface area contributed by atoms with E-state index in [-0.39, 0.29) is 234 Å². The number of carbonyl (C=O) groups excluding carboxylic acids is 3. The molecule has 8 rings (SSSR count). The first kappa shape index (κ1) is 81.1. The summed E-state index contributed by atoms with van der Waals surface area (Å²) in [6, 6.07) is 15.8. The number of nitrogens with one attached hydrogen (secondary N) is 4. The standard InChI is InChI=1S/C45H32N10O21S6.6Na/c56-38-19-30(16-24-17-39(79(65,66)67)37(22-34(24)38)54-52-35-13-6-28(20-40(35)80(68,69)70)50-48-25-1-8-31(9-2-25)77(59,60)61)47-45(58)46-27-5-12-33-23(15-27)18-42(82(74,75)76)43(44(33)57)55-53-36-14-7-29(21-41(36)81(71,72)73)51-49-26-3-10-32(11-4-26)78(62,63)64;;;;;;/h1-22,52-53H,(H2,46,47,58)(H,59,60,61)(H,62,63,64)(H,65,66,67)(H,68,69,70)(H,71,72,73)(H,74,75,76);;;;;;/q;6*+1/p-6/b50-48?,51-49?,54-37-,55-43-;;;;;;. The van der Waals surface area contributed by atoms with E-state index >= 15 is 0 Å². The fourth-order valence-corrected chi connectivity index (χ4v) is 10.8. The molecule has 5 aromatic rings. The number of Topliss-reactive ketones (excluding diaryl/α,β-unsaturated/α-hetero) is 1. The van der Waals surface area contributed by atoms with Gasteiger partial charge in [0.05, 0.1) is 63.5 Å². The molecule has 0 aromatic heterocycles. The molecule has 0 aliphatic heterocycles. The number of hydrazone groups is 2. The Balaban J connectivity index is 0.00000440. The molecule has 0 saturated carbocycles. The Labute approximate surface area is 632 Å². The number of anilines is 3. The summed E-state index contributed by atoms with van der Waals surface area (Å²) >= 11 is 0. The Kier molecular flexibility index (Phi) is 29.7. The molecule has 5 aromatic carbocycles. The van der Waals surface area contributed by atoms with Crippen molar-refractivity contribution >= 4 is 136 Å². The quantitative estimate of drug-likeness (QED) is 0.0308. The van der Waals surface area contributed by atoms with Gasteiger partial charge < -0.3 is 38.0 Å². The molecule has 0 heterocycles. The minimum absolute atomic E-state index is 0. The van der Waals surface area contributed by atoms with Crippen molar-refractivity contribution in [1.82, 2.24) is 5.32 Å². The number of rotatable bonds is 16. The summed E-state index contributed by atoms with van der Waals surface area (Å²) in [4.78, 5) is 34.7. The molecule has 0 bridgehead atoms. The number of urea groups is 1. The van der Waals surface area contributed by atoms with Gasteiger partial charge in [0.1, 0.15) is 72.1 Å². The van der Waals surface area contributed by atoms with E-state index in [4.69, 9.17) is 0 Å². The molecule has 0 spiro atoms. The molecular weight excluding hydrogens is 1350 g/mol. The van der Waals surface area contributed by atoms with Gasteiger partial charge in [0.2, 0.25) is 5.78 Å². The van der Waals surface area contributed by atoms with Gasteiger partial charge in [-0.25, -0.2) is 55.3 Å². The molecule has 0 saturated heterocycles. The summed E-state index contributed by atoms with van der Waals surface area (Å²) in [5.41, 5.74) is -0.901. The van der Waals surface area contributed by atoms with E-state index in [0.29, 0.717) is 18.2 Å². The molecule has 3 aliphatic rings. The van der Waals surface area contributed by atoms with Crippen LogP contribution in [0.15, 0.2) is 204 Å². The van der Waals surface area contributed by atoms with Crippen LogP contribution in [0, 0.1) is 0 Å². The fourth-order valence-electron chi connectivity index (χ4n) is 7.28. The number of fused-ring (bicyclic) bond motifs is 2. The number of azo groups is 2. The van der Waals surface area contributed by atoms with Gasteiger partial charge in [-0.15, -0.1) is 0 Å². The normalized spacial score (nSPS) is 15.1. The average Bonchev–Trinajstić information content (AvgIpc) is 3.07. The Morgan fingerprint density at radius 2 is 0.864 bits per heavy atom. The minimum Gasteiger partial charge on any atom is -0.744 e. The third kappa shape index (κ3) is 20.8. The van der Waals surface area contributed by atoms with E-state index in [9.17, 15) is 92.2 Å². The van der Waals surface area contributed by atoms with E-state index in [1.165, 1.54) is 0 Å². The van der Waals surface area contributed by atoms with Crippen molar-refractivity contribution < 1.29 is 270 Å². The van der Waals surface area contributed by atoms with Crippen LogP contribution in [0.25, 0.3) is 6.08 Å². The first-order valence-electron chi connectivity index (χ1n) is 21.8. The van der Waals surface area contributed by atoms with Gasteiger partial charge in [-0.1, -0.05) is 0 Å². The third-order valence-electron chi connectivity index (χ3n) is 10.9. The largest absolute Gasteiger partial charge is 1.00 e. The number of hydrogen-bond donors (Lipinski definition) is 4. The second kappa shape index (κ2) is 32.2. The Morgan fingerprint density at radius 3 is 1.31 bits per heavy atom. The topological polar surface area (TPSA) is 517 Å². The molecule has 4 N–H and O–H groups in total. The van der Waals surface area contributed by atoms with E-state index in [1.807, 2.05) is 0 Å². The molecule has 31 nitrogen and oxygen atoms in total. The van der Waals surface area contributed by atoms with E-state index in [2.05, 4.69) is 52.1 Å². The average molecular weight is 1370 g/mol. The summed E-state index contributed by atoms with van der Waals surface area (Å²) in [5, 5.41) is 27.1. The van der Waals surface area contributed by atoms with Crippen LogP contribution in [0.1, 0.15) is 15.9 Å². The molecule has 0 fully saturated rings. The van der Waals surface area contributed by atoms with Gasteiger partial charge in [-0.3, -0.25) is 20.4 Å². The summed E-state index contributed by atoms with van der Waals surface area (Å²) in [7, 11) is -31.4. The van der Waals surface area contributed by atoms with E-state index < -0.39 is 130 Å². The van der Waals surface area contributed by atoms with Gasteiger partial charge >= 0.3 is 183 Å². The third-order valence-corrected chi connectivity index (χ3v) is 16.1. The van der Waals surface area contributed by atoms with Crippen molar-refractivity contribution in [1.29, 1.82) is 0 Å². The number of hydrogen-bond acceptors (Lipinski definition) is 29. The zero-order chi connectivity index (χ0) is 59.9. The van der Waals surface area contributed by atoms with Crippen molar-refractivity contribution in [2.45, 2.75) is 19.6 Å².